The quantitative estimate of drug-likeness (QED) is 0.889. The van der Waals surface area contributed by atoms with Crippen LogP contribution < -0.4 is 10.6 Å². The molecule has 8 heteroatoms. The minimum Gasteiger partial charge on any atom is -0.324 e. The Morgan fingerprint density at radius 2 is 2.30 bits per heavy atom. The molecule has 6 nitrogen and oxygen atoms in total. The highest BCUT2D eigenvalue weighted by atomic mass is 32.2. The van der Waals surface area contributed by atoms with Crippen LogP contribution in [0.3, 0.4) is 0 Å². The van der Waals surface area contributed by atoms with Crippen LogP contribution in [0.15, 0.2) is 28.6 Å². The van der Waals surface area contributed by atoms with Crippen LogP contribution in [-0.4, -0.2) is 27.3 Å². The predicted molar refractivity (Wildman–Crippen MR) is 78.3 cm³/mol. The molecular weight excluding hydrogens is 296 g/mol. The van der Waals surface area contributed by atoms with Gasteiger partial charge in [-0.15, -0.1) is 22.0 Å². The molecule has 2 N–H and O–H groups in total. The fourth-order valence-corrected chi connectivity index (χ4v) is 3.12. The van der Waals surface area contributed by atoms with Gasteiger partial charge in [-0.2, -0.15) is 0 Å². The Morgan fingerprint density at radius 3 is 3.05 bits per heavy atom. The maximum Gasteiger partial charge on any atom is 0.257 e. The minimum atomic E-state index is -0.276. The lowest BCUT2D eigenvalue weighted by molar-refractivity contribution is -0.115. The summed E-state index contributed by atoms with van der Waals surface area (Å²) in [6.45, 7) is 1.85. The lowest BCUT2D eigenvalue weighted by Gasteiger charge is -2.21. The molecule has 0 aliphatic carbocycles. The molecule has 0 radical (unpaired) electrons. The third-order valence-electron chi connectivity index (χ3n) is 2.75. The van der Waals surface area contributed by atoms with Crippen molar-refractivity contribution < 1.29 is 9.59 Å². The van der Waals surface area contributed by atoms with Crippen LogP contribution in [-0.2, 0) is 4.79 Å². The number of carbonyl (C=O) groups is 2. The van der Waals surface area contributed by atoms with E-state index in [1.807, 2.05) is 13.0 Å². The molecule has 0 spiro atoms. The standard InChI is InChI=1S/C12H10N4O2S2/c1-6-10(17)14-8-4-7(2-3-9(8)20-6)11(18)15-12-16-13-5-19-12/h2-6H,1H3,(H,14,17)(H,15,16,18). The average Bonchev–Trinajstić information content (AvgIpc) is 2.92. The molecule has 1 aromatic heterocycles. The van der Waals surface area contributed by atoms with Crippen LogP contribution in [0.4, 0.5) is 10.8 Å². The van der Waals surface area contributed by atoms with E-state index in [0.29, 0.717) is 16.4 Å². The van der Waals surface area contributed by atoms with Gasteiger partial charge in [-0.25, -0.2) is 0 Å². The maximum absolute atomic E-state index is 12.1. The van der Waals surface area contributed by atoms with Gasteiger partial charge in [0.2, 0.25) is 11.0 Å². The molecule has 0 saturated heterocycles. The number of thioether (sulfide) groups is 1. The summed E-state index contributed by atoms with van der Waals surface area (Å²) in [4.78, 5) is 24.7. The summed E-state index contributed by atoms with van der Waals surface area (Å²) < 4.78 is 0. The molecule has 1 atom stereocenters. The van der Waals surface area contributed by atoms with Crippen molar-refractivity contribution in [2.24, 2.45) is 0 Å². The summed E-state index contributed by atoms with van der Waals surface area (Å²) in [5.74, 6) is -0.327. The SMILES string of the molecule is CC1Sc2ccc(C(=O)Nc3nncs3)cc2NC1=O. The molecular formula is C12H10N4O2S2. The van der Waals surface area contributed by atoms with Gasteiger partial charge in [-0.05, 0) is 25.1 Å². The fraction of sp³-hybridized carbons (Fsp3) is 0.167. The van der Waals surface area contributed by atoms with Gasteiger partial charge < -0.3 is 5.32 Å². The van der Waals surface area contributed by atoms with Crippen molar-refractivity contribution >= 4 is 45.7 Å². The van der Waals surface area contributed by atoms with Gasteiger partial charge in [0.1, 0.15) is 5.51 Å². The van der Waals surface area contributed by atoms with Crippen molar-refractivity contribution in [3.05, 3.63) is 29.3 Å². The van der Waals surface area contributed by atoms with Gasteiger partial charge >= 0.3 is 0 Å². The lowest BCUT2D eigenvalue weighted by Crippen LogP contribution is -2.26. The van der Waals surface area contributed by atoms with Gasteiger partial charge in [0.25, 0.3) is 5.91 Å². The van der Waals surface area contributed by atoms with Gasteiger partial charge in [-0.1, -0.05) is 11.3 Å². The Kier molecular flexibility index (Phi) is 3.41. The number of nitrogens with one attached hydrogen (secondary N) is 2. The van der Waals surface area contributed by atoms with E-state index < -0.39 is 0 Å². The fourth-order valence-electron chi connectivity index (χ4n) is 1.75. The topological polar surface area (TPSA) is 84.0 Å². The Hall–Kier alpha value is -1.93. The summed E-state index contributed by atoms with van der Waals surface area (Å²) in [6.07, 6.45) is 0. The number of nitrogens with zero attached hydrogens (tertiary/aromatic N) is 2. The first-order chi connectivity index (χ1) is 9.63. The third-order valence-corrected chi connectivity index (χ3v) is 4.54. The van der Waals surface area contributed by atoms with Crippen molar-refractivity contribution in [1.29, 1.82) is 0 Å². The molecule has 1 unspecified atom stereocenters. The van der Waals surface area contributed by atoms with E-state index >= 15 is 0 Å². The van der Waals surface area contributed by atoms with E-state index in [2.05, 4.69) is 20.8 Å². The van der Waals surface area contributed by atoms with Gasteiger partial charge in [-0.3, -0.25) is 14.9 Å². The Bertz CT molecular complexity index is 672. The largest absolute Gasteiger partial charge is 0.324 e. The maximum atomic E-state index is 12.1. The molecule has 102 valence electrons. The zero-order valence-corrected chi connectivity index (χ0v) is 12.0. The van der Waals surface area contributed by atoms with Gasteiger partial charge in [0, 0.05) is 10.5 Å². The summed E-state index contributed by atoms with van der Waals surface area (Å²) in [6, 6.07) is 5.24. The summed E-state index contributed by atoms with van der Waals surface area (Å²) in [7, 11) is 0. The van der Waals surface area contributed by atoms with Crippen molar-refractivity contribution in [3.8, 4) is 0 Å². The van der Waals surface area contributed by atoms with Crippen LogP contribution in [0.2, 0.25) is 0 Å². The molecule has 0 saturated carbocycles. The minimum absolute atomic E-state index is 0.0517. The van der Waals surface area contributed by atoms with Crippen LogP contribution >= 0.6 is 23.1 Å². The number of hydrogen-bond acceptors (Lipinski definition) is 6. The number of aromatic nitrogens is 2. The van der Waals surface area contributed by atoms with Crippen LogP contribution in [0.25, 0.3) is 0 Å². The monoisotopic (exact) mass is 306 g/mol. The summed E-state index contributed by atoms with van der Waals surface area (Å²) >= 11 is 2.73. The molecule has 3 rings (SSSR count). The second kappa shape index (κ2) is 5.22. The highest BCUT2D eigenvalue weighted by Crippen LogP contribution is 2.36. The van der Waals surface area contributed by atoms with Crippen molar-refractivity contribution in [1.82, 2.24) is 10.2 Å². The second-order valence-corrected chi connectivity index (χ2v) is 6.37. The number of hydrogen-bond donors (Lipinski definition) is 2. The number of fused-ring (bicyclic) bond motifs is 1. The van der Waals surface area contributed by atoms with Crippen LogP contribution in [0.1, 0.15) is 17.3 Å². The van der Waals surface area contributed by atoms with E-state index in [1.54, 1.807) is 17.6 Å². The molecule has 2 amide bonds. The zero-order valence-electron chi connectivity index (χ0n) is 10.4. The molecule has 1 aliphatic rings. The smallest absolute Gasteiger partial charge is 0.257 e. The molecule has 0 fully saturated rings. The van der Waals surface area contributed by atoms with Crippen LogP contribution in [0, 0.1) is 0 Å². The number of anilines is 2. The van der Waals surface area contributed by atoms with Crippen molar-refractivity contribution in [3.63, 3.8) is 0 Å². The first-order valence-electron chi connectivity index (χ1n) is 5.82. The number of benzene rings is 1. The number of carbonyl (C=O) groups excluding carboxylic acids is 2. The zero-order chi connectivity index (χ0) is 14.1. The first-order valence-corrected chi connectivity index (χ1v) is 7.58. The number of rotatable bonds is 2. The highest BCUT2D eigenvalue weighted by Gasteiger charge is 2.23. The van der Waals surface area contributed by atoms with E-state index in [9.17, 15) is 9.59 Å². The van der Waals surface area contributed by atoms with E-state index in [4.69, 9.17) is 0 Å². The molecule has 2 aromatic rings. The molecule has 1 aliphatic heterocycles. The first kappa shape index (κ1) is 13.1. The molecule has 20 heavy (non-hydrogen) atoms. The Labute approximate surface area is 123 Å². The van der Waals surface area contributed by atoms with E-state index in [0.717, 1.165) is 4.90 Å². The molecule has 2 heterocycles. The highest BCUT2D eigenvalue weighted by molar-refractivity contribution is 8.00. The second-order valence-electron chi connectivity index (χ2n) is 4.16. The van der Waals surface area contributed by atoms with Gasteiger partial charge in [0.15, 0.2) is 0 Å². The third kappa shape index (κ3) is 2.52. The van der Waals surface area contributed by atoms with E-state index in [-0.39, 0.29) is 17.1 Å². The summed E-state index contributed by atoms with van der Waals surface area (Å²) in [5.41, 5.74) is 2.68. The van der Waals surface area contributed by atoms with Crippen LogP contribution in [0.5, 0.6) is 0 Å². The Balaban J connectivity index is 1.83. The number of amides is 2. The summed E-state index contributed by atoms with van der Waals surface area (Å²) in [5, 5.41) is 13.2. The molecule has 0 bridgehead atoms. The Morgan fingerprint density at radius 1 is 1.45 bits per heavy atom. The predicted octanol–water partition coefficient (Wildman–Crippen LogP) is 2.22. The van der Waals surface area contributed by atoms with Gasteiger partial charge in [0.05, 0.1) is 10.9 Å². The van der Waals surface area contributed by atoms with E-state index in [1.165, 1.54) is 23.1 Å². The van der Waals surface area contributed by atoms with Crippen molar-refractivity contribution in [2.45, 2.75) is 17.1 Å². The normalized spacial score (nSPS) is 17.2. The average molecular weight is 306 g/mol. The lowest BCUT2D eigenvalue weighted by atomic mass is 10.2. The molecule has 1 aromatic carbocycles. The van der Waals surface area contributed by atoms with Crippen molar-refractivity contribution in [2.75, 3.05) is 10.6 Å².